The Bertz CT molecular complexity index is 772. The third-order valence-electron chi connectivity index (χ3n) is 5.36. The van der Waals surface area contributed by atoms with Gasteiger partial charge in [-0.15, -0.1) is 12.4 Å². The van der Waals surface area contributed by atoms with Crippen LogP contribution >= 0.6 is 12.4 Å². The van der Waals surface area contributed by atoms with Crippen LogP contribution in [-0.4, -0.2) is 57.7 Å². The molecule has 9 heteroatoms. The van der Waals surface area contributed by atoms with Crippen LogP contribution in [0.5, 0.6) is 0 Å². The summed E-state index contributed by atoms with van der Waals surface area (Å²) in [6, 6.07) is 10.1. The number of halogens is 1. The number of rotatable bonds is 5. The first-order chi connectivity index (χ1) is 14.7. The fourth-order valence-corrected chi connectivity index (χ4v) is 3.71. The molecule has 1 aromatic heterocycles. The first-order valence-corrected chi connectivity index (χ1v) is 10.9. The number of aromatic nitrogens is 3. The first kappa shape index (κ1) is 24.8. The van der Waals surface area contributed by atoms with Gasteiger partial charge in [0.2, 0.25) is 11.8 Å². The zero-order chi connectivity index (χ0) is 21.0. The Hall–Kier alpha value is -2.45. The van der Waals surface area contributed by atoms with E-state index in [9.17, 15) is 9.59 Å². The Morgan fingerprint density at radius 3 is 2.68 bits per heavy atom. The number of hydrogen-bond acceptors (Lipinski definition) is 5. The molecule has 2 N–H and O–H groups in total. The van der Waals surface area contributed by atoms with Gasteiger partial charge in [0.1, 0.15) is 12.7 Å². The normalized spacial score (nSPS) is 18.6. The number of amides is 2. The summed E-state index contributed by atoms with van der Waals surface area (Å²) in [6.07, 6.45) is 7.50. The maximum Gasteiger partial charge on any atom is 0.222 e. The Morgan fingerprint density at radius 1 is 1.10 bits per heavy atom. The fourth-order valence-electron chi connectivity index (χ4n) is 3.71. The fraction of sp³-hybridized carbons (Fsp3) is 0.545. The molecule has 170 valence electrons. The van der Waals surface area contributed by atoms with Gasteiger partial charge in [-0.3, -0.25) is 14.3 Å². The molecule has 0 saturated carbocycles. The van der Waals surface area contributed by atoms with Crippen LogP contribution in [0.1, 0.15) is 50.1 Å². The second kappa shape index (κ2) is 13.8. The highest BCUT2D eigenvalue weighted by Crippen LogP contribution is 2.17. The van der Waals surface area contributed by atoms with E-state index < -0.39 is 0 Å². The zero-order valence-corrected chi connectivity index (χ0v) is 18.7. The molecule has 1 atom stereocenters. The molecule has 31 heavy (non-hydrogen) atoms. The number of benzene rings is 1. The summed E-state index contributed by atoms with van der Waals surface area (Å²) in [6.45, 7) is 3.58. The van der Waals surface area contributed by atoms with Gasteiger partial charge in [-0.25, -0.2) is 4.98 Å². The van der Waals surface area contributed by atoms with E-state index in [1.165, 1.54) is 6.33 Å². The zero-order valence-electron chi connectivity index (χ0n) is 17.9. The van der Waals surface area contributed by atoms with E-state index in [0.717, 1.165) is 50.9 Å². The second-order valence-corrected chi connectivity index (χ2v) is 7.68. The minimum atomic E-state index is -0.0150. The van der Waals surface area contributed by atoms with Crippen molar-refractivity contribution in [1.29, 1.82) is 0 Å². The minimum absolute atomic E-state index is 0. The van der Waals surface area contributed by atoms with Gasteiger partial charge in [0.05, 0.1) is 0 Å². The lowest BCUT2D eigenvalue weighted by molar-refractivity contribution is -0.131. The molecule has 0 aliphatic carbocycles. The number of nitrogens with zero attached hydrogens (tertiary/aromatic N) is 4. The molecule has 2 amide bonds. The molecule has 1 saturated heterocycles. The van der Waals surface area contributed by atoms with Crippen molar-refractivity contribution in [2.24, 2.45) is 0 Å². The van der Waals surface area contributed by atoms with Gasteiger partial charge in [0.25, 0.3) is 0 Å². The third kappa shape index (κ3) is 8.67. The van der Waals surface area contributed by atoms with E-state index in [1.807, 2.05) is 35.2 Å². The maximum atomic E-state index is 12.7. The Balaban J connectivity index is 0.00000341. The van der Waals surface area contributed by atoms with Crippen molar-refractivity contribution in [2.45, 2.75) is 51.1 Å². The van der Waals surface area contributed by atoms with Gasteiger partial charge in [-0.2, -0.15) is 5.10 Å². The highest BCUT2D eigenvalue weighted by molar-refractivity contribution is 5.85. The molecule has 1 fully saturated rings. The van der Waals surface area contributed by atoms with Crippen LogP contribution < -0.4 is 10.6 Å². The van der Waals surface area contributed by atoms with E-state index in [-0.39, 0.29) is 30.3 Å². The van der Waals surface area contributed by atoms with Crippen LogP contribution in [0, 0.1) is 0 Å². The van der Waals surface area contributed by atoms with Crippen molar-refractivity contribution in [3.63, 3.8) is 0 Å². The monoisotopic (exact) mass is 448 g/mol. The highest BCUT2D eigenvalue weighted by atomic mass is 35.5. The van der Waals surface area contributed by atoms with E-state index in [4.69, 9.17) is 0 Å². The largest absolute Gasteiger partial charge is 0.356 e. The number of aryl methyl sites for hydroxylation is 1. The molecule has 1 aliphatic heterocycles. The number of hydrogen-bond donors (Lipinski definition) is 2. The van der Waals surface area contributed by atoms with Crippen LogP contribution in [0.25, 0.3) is 0 Å². The summed E-state index contributed by atoms with van der Waals surface area (Å²) in [4.78, 5) is 31.0. The van der Waals surface area contributed by atoms with Crippen molar-refractivity contribution in [1.82, 2.24) is 30.3 Å². The molecule has 0 bridgehead atoms. The maximum absolute atomic E-state index is 12.7. The van der Waals surface area contributed by atoms with Crippen molar-refractivity contribution in [3.05, 3.63) is 48.5 Å². The molecule has 1 aromatic carbocycles. The number of carbonyl (C=O) groups is 2. The summed E-state index contributed by atoms with van der Waals surface area (Å²) in [7, 11) is 0. The van der Waals surface area contributed by atoms with Gasteiger partial charge in [-0.05, 0) is 37.8 Å². The standard InChI is InChI=1S/C22H32N6O2.ClH/c29-21-16-20(19-8-2-1-3-9-19)24-12-7-14-27(13-5-4-11-25-21)22(30)10-6-15-28-18-23-17-26-28;/h1-3,8-9,17-18,20,24H,4-7,10-16H2,(H,25,29);1H. The molecule has 0 spiro atoms. The SMILES string of the molecule is Cl.O=C1CC(c2ccccc2)NCCCN(C(=O)CCCn2cncn2)CCCCN1. The Morgan fingerprint density at radius 2 is 1.90 bits per heavy atom. The molecule has 3 rings (SSSR count). The molecule has 1 aliphatic rings. The Kier molecular flexibility index (Phi) is 11.0. The predicted octanol–water partition coefficient (Wildman–Crippen LogP) is 2.33. The minimum Gasteiger partial charge on any atom is -0.356 e. The molecule has 2 heterocycles. The number of carbonyl (C=O) groups excluding carboxylic acids is 2. The molecule has 0 radical (unpaired) electrons. The smallest absolute Gasteiger partial charge is 0.222 e. The quantitative estimate of drug-likeness (QED) is 0.732. The van der Waals surface area contributed by atoms with E-state index in [1.54, 1.807) is 11.0 Å². The first-order valence-electron chi connectivity index (χ1n) is 10.9. The van der Waals surface area contributed by atoms with Crippen LogP contribution in [0.3, 0.4) is 0 Å². The molecule has 1 unspecified atom stereocenters. The van der Waals surface area contributed by atoms with Crippen LogP contribution in [0.2, 0.25) is 0 Å². The van der Waals surface area contributed by atoms with Gasteiger partial charge in [0, 0.05) is 45.1 Å². The molecular weight excluding hydrogens is 416 g/mol. The van der Waals surface area contributed by atoms with Gasteiger partial charge in [0.15, 0.2) is 0 Å². The second-order valence-electron chi connectivity index (χ2n) is 7.68. The van der Waals surface area contributed by atoms with Crippen molar-refractivity contribution in [2.75, 3.05) is 26.2 Å². The molecular formula is C22H33ClN6O2. The van der Waals surface area contributed by atoms with Crippen molar-refractivity contribution >= 4 is 24.2 Å². The average Bonchev–Trinajstić information content (AvgIpc) is 3.28. The molecule has 2 aromatic rings. The summed E-state index contributed by atoms with van der Waals surface area (Å²) in [5, 5.41) is 10.6. The lowest BCUT2D eigenvalue weighted by atomic mass is 10.0. The van der Waals surface area contributed by atoms with E-state index in [0.29, 0.717) is 25.9 Å². The highest BCUT2D eigenvalue weighted by Gasteiger charge is 2.17. The average molecular weight is 449 g/mol. The van der Waals surface area contributed by atoms with Crippen LogP contribution in [0.15, 0.2) is 43.0 Å². The lowest BCUT2D eigenvalue weighted by Crippen LogP contribution is -2.35. The predicted molar refractivity (Wildman–Crippen MR) is 122 cm³/mol. The van der Waals surface area contributed by atoms with E-state index >= 15 is 0 Å². The van der Waals surface area contributed by atoms with Gasteiger partial charge in [-0.1, -0.05) is 30.3 Å². The molecule has 8 nitrogen and oxygen atoms in total. The number of nitrogens with one attached hydrogen (secondary N) is 2. The Labute approximate surface area is 190 Å². The summed E-state index contributed by atoms with van der Waals surface area (Å²) >= 11 is 0. The van der Waals surface area contributed by atoms with Gasteiger partial charge >= 0.3 is 0 Å². The summed E-state index contributed by atoms with van der Waals surface area (Å²) in [5.74, 6) is 0.255. The van der Waals surface area contributed by atoms with Gasteiger partial charge < -0.3 is 15.5 Å². The van der Waals surface area contributed by atoms with Crippen LogP contribution in [-0.2, 0) is 16.1 Å². The summed E-state index contributed by atoms with van der Waals surface area (Å²) < 4.78 is 1.75. The van der Waals surface area contributed by atoms with Crippen molar-refractivity contribution in [3.8, 4) is 0 Å². The lowest BCUT2D eigenvalue weighted by Gasteiger charge is -2.23. The van der Waals surface area contributed by atoms with Crippen molar-refractivity contribution < 1.29 is 9.59 Å². The van der Waals surface area contributed by atoms with Crippen LogP contribution in [0.4, 0.5) is 0 Å². The summed E-state index contributed by atoms with van der Waals surface area (Å²) in [5.41, 5.74) is 1.11. The van der Waals surface area contributed by atoms with E-state index in [2.05, 4.69) is 20.7 Å². The third-order valence-corrected chi connectivity index (χ3v) is 5.36. The topological polar surface area (TPSA) is 92.2 Å².